The molecule has 0 saturated carbocycles. The van der Waals surface area contributed by atoms with Crippen LogP contribution in [0, 0.1) is 6.92 Å². The summed E-state index contributed by atoms with van der Waals surface area (Å²) >= 11 is 6.14. The van der Waals surface area contributed by atoms with Gasteiger partial charge in [-0.15, -0.1) is 0 Å². The molecule has 0 aliphatic rings. The second-order valence-corrected chi connectivity index (χ2v) is 4.55. The summed E-state index contributed by atoms with van der Waals surface area (Å²) in [5.41, 5.74) is 8.30. The molecule has 0 spiro atoms. The maximum atomic E-state index is 11.1. The quantitative estimate of drug-likeness (QED) is 0.901. The average molecular weight is 276 g/mol. The number of benzene rings is 1. The standard InChI is InChI=1S/C14H14ClN3O/c1-9-13(15)12(5-6-17-9)18-8-10-3-2-4-11(7-10)14(16)19/h2-7H,8H2,1H3,(H2,16,19)(H,17,18). The van der Waals surface area contributed by atoms with Crippen molar-refractivity contribution in [3.8, 4) is 0 Å². The van der Waals surface area contributed by atoms with Gasteiger partial charge in [-0.2, -0.15) is 0 Å². The lowest BCUT2D eigenvalue weighted by Gasteiger charge is -2.10. The Kier molecular flexibility index (Phi) is 4.02. The van der Waals surface area contributed by atoms with Gasteiger partial charge in [0.1, 0.15) is 0 Å². The van der Waals surface area contributed by atoms with E-state index in [4.69, 9.17) is 17.3 Å². The Morgan fingerprint density at radius 3 is 2.95 bits per heavy atom. The Morgan fingerprint density at radius 1 is 1.42 bits per heavy atom. The summed E-state index contributed by atoms with van der Waals surface area (Å²) in [5, 5.41) is 3.82. The van der Waals surface area contributed by atoms with Crippen molar-refractivity contribution in [1.82, 2.24) is 4.98 Å². The summed E-state index contributed by atoms with van der Waals surface area (Å²) in [6.07, 6.45) is 1.70. The topological polar surface area (TPSA) is 68.0 Å². The molecule has 0 bridgehead atoms. The molecule has 0 aliphatic carbocycles. The Balaban J connectivity index is 2.12. The number of primary amides is 1. The third-order valence-corrected chi connectivity index (χ3v) is 3.24. The number of aromatic nitrogens is 1. The fourth-order valence-electron chi connectivity index (χ4n) is 1.72. The van der Waals surface area contributed by atoms with Gasteiger partial charge < -0.3 is 11.1 Å². The maximum Gasteiger partial charge on any atom is 0.248 e. The van der Waals surface area contributed by atoms with Gasteiger partial charge in [0.15, 0.2) is 0 Å². The average Bonchev–Trinajstić information content (AvgIpc) is 2.41. The fourth-order valence-corrected chi connectivity index (χ4v) is 1.90. The van der Waals surface area contributed by atoms with Crippen LogP contribution in [-0.4, -0.2) is 10.9 Å². The number of pyridine rings is 1. The van der Waals surface area contributed by atoms with E-state index in [0.717, 1.165) is 16.9 Å². The summed E-state index contributed by atoms with van der Waals surface area (Å²) in [6, 6.07) is 8.98. The van der Waals surface area contributed by atoms with Gasteiger partial charge in [0.25, 0.3) is 0 Å². The normalized spacial score (nSPS) is 10.2. The summed E-state index contributed by atoms with van der Waals surface area (Å²) in [7, 11) is 0. The van der Waals surface area contributed by atoms with Gasteiger partial charge in [0.2, 0.25) is 5.91 Å². The predicted octanol–water partition coefficient (Wildman–Crippen LogP) is 2.75. The molecular weight excluding hydrogens is 262 g/mol. The monoisotopic (exact) mass is 275 g/mol. The molecular formula is C14H14ClN3O. The Labute approximate surface area is 116 Å². The van der Waals surface area contributed by atoms with E-state index in [2.05, 4.69) is 10.3 Å². The smallest absolute Gasteiger partial charge is 0.248 e. The van der Waals surface area contributed by atoms with Crippen molar-refractivity contribution in [3.63, 3.8) is 0 Å². The number of hydrogen-bond donors (Lipinski definition) is 2. The third-order valence-electron chi connectivity index (χ3n) is 2.76. The summed E-state index contributed by atoms with van der Waals surface area (Å²) in [4.78, 5) is 15.2. The molecule has 1 aromatic heterocycles. The maximum absolute atomic E-state index is 11.1. The van der Waals surface area contributed by atoms with Crippen molar-refractivity contribution in [2.45, 2.75) is 13.5 Å². The van der Waals surface area contributed by atoms with Gasteiger partial charge in [-0.25, -0.2) is 0 Å². The molecule has 0 aliphatic heterocycles. The van der Waals surface area contributed by atoms with E-state index in [0.29, 0.717) is 17.1 Å². The van der Waals surface area contributed by atoms with Crippen molar-refractivity contribution in [1.29, 1.82) is 0 Å². The zero-order chi connectivity index (χ0) is 13.8. The van der Waals surface area contributed by atoms with Crippen LogP contribution in [0.1, 0.15) is 21.6 Å². The highest BCUT2D eigenvalue weighted by molar-refractivity contribution is 6.33. The first-order valence-corrected chi connectivity index (χ1v) is 6.19. The van der Waals surface area contributed by atoms with Crippen LogP contribution in [0.25, 0.3) is 0 Å². The molecule has 19 heavy (non-hydrogen) atoms. The van der Waals surface area contributed by atoms with Crippen LogP contribution < -0.4 is 11.1 Å². The van der Waals surface area contributed by atoms with Crippen molar-refractivity contribution in [3.05, 3.63) is 58.4 Å². The first-order valence-electron chi connectivity index (χ1n) is 5.81. The van der Waals surface area contributed by atoms with Crippen LogP contribution in [0.3, 0.4) is 0 Å². The molecule has 0 atom stereocenters. The van der Waals surface area contributed by atoms with Gasteiger partial charge in [0.05, 0.1) is 16.4 Å². The van der Waals surface area contributed by atoms with E-state index >= 15 is 0 Å². The van der Waals surface area contributed by atoms with Crippen LogP contribution >= 0.6 is 11.6 Å². The number of nitrogens with one attached hydrogen (secondary N) is 1. The third kappa shape index (κ3) is 3.23. The minimum atomic E-state index is -0.431. The first-order chi connectivity index (χ1) is 9.08. The highest BCUT2D eigenvalue weighted by Gasteiger charge is 2.05. The molecule has 98 valence electrons. The molecule has 0 unspecified atom stereocenters. The highest BCUT2D eigenvalue weighted by atomic mass is 35.5. The van der Waals surface area contributed by atoms with Crippen LogP contribution in [0.15, 0.2) is 36.5 Å². The van der Waals surface area contributed by atoms with E-state index in [-0.39, 0.29) is 0 Å². The van der Waals surface area contributed by atoms with E-state index < -0.39 is 5.91 Å². The second-order valence-electron chi connectivity index (χ2n) is 4.18. The fraction of sp³-hybridized carbons (Fsp3) is 0.143. The Morgan fingerprint density at radius 2 is 2.21 bits per heavy atom. The number of nitrogens with zero attached hydrogens (tertiary/aromatic N) is 1. The minimum absolute atomic E-state index is 0.431. The zero-order valence-corrected chi connectivity index (χ0v) is 11.2. The van der Waals surface area contributed by atoms with Crippen molar-refractivity contribution >= 4 is 23.2 Å². The number of hydrogen-bond acceptors (Lipinski definition) is 3. The van der Waals surface area contributed by atoms with Gasteiger partial charge >= 0.3 is 0 Å². The van der Waals surface area contributed by atoms with Crippen LogP contribution in [-0.2, 0) is 6.54 Å². The molecule has 0 saturated heterocycles. The summed E-state index contributed by atoms with van der Waals surface area (Å²) < 4.78 is 0. The molecule has 5 heteroatoms. The van der Waals surface area contributed by atoms with E-state index in [1.807, 2.05) is 19.1 Å². The molecule has 2 aromatic rings. The SMILES string of the molecule is Cc1nccc(NCc2cccc(C(N)=O)c2)c1Cl. The van der Waals surface area contributed by atoms with Crippen molar-refractivity contribution in [2.75, 3.05) is 5.32 Å². The highest BCUT2D eigenvalue weighted by Crippen LogP contribution is 2.23. The number of nitrogens with two attached hydrogens (primary N) is 1. The van der Waals surface area contributed by atoms with E-state index in [1.165, 1.54) is 0 Å². The number of amides is 1. The Bertz CT molecular complexity index is 613. The van der Waals surface area contributed by atoms with Gasteiger partial charge in [-0.3, -0.25) is 9.78 Å². The van der Waals surface area contributed by atoms with Gasteiger partial charge in [0, 0.05) is 18.3 Å². The summed E-state index contributed by atoms with van der Waals surface area (Å²) in [5.74, 6) is -0.431. The van der Waals surface area contributed by atoms with Gasteiger partial charge in [-0.1, -0.05) is 23.7 Å². The zero-order valence-electron chi connectivity index (χ0n) is 10.5. The summed E-state index contributed by atoms with van der Waals surface area (Å²) in [6.45, 7) is 2.41. The molecule has 1 heterocycles. The first kappa shape index (κ1) is 13.4. The number of aryl methyl sites for hydroxylation is 1. The number of halogens is 1. The van der Waals surface area contributed by atoms with E-state index in [9.17, 15) is 4.79 Å². The number of carbonyl (C=O) groups is 1. The van der Waals surface area contributed by atoms with Crippen molar-refractivity contribution < 1.29 is 4.79 Å². The van der Waals surface area contributed by atoms with Crippen LogP contribution in [0.5, 0.6) is 0 Å². The van der Waals surface area contributed by atoms with Gasteiger partial charge in [-0.05, 0) is 30.7 Å². The molecule has 0 fully saturated rings. The van der Waals surface area contributed by atoms with Crippen LogP contribution in [0.2, 0.25) is 5.02 Å². The molecule has 0 radical (unpaired) electrons. The molecule has 2 rings (SSSR count). The van der Waals surface area contributed by atoms with Crippen molar-refractivity contribution in [2.24, 2.45) is 5.73 Å². The minimum Gasteiger partial charge on any atom is -0.380 e. The van der Waals surface area contributed by atoms with Crippen LogP contribution in [0.4, 0.5) is 5.69 Å². The number of rotatable bonds is 4. The lowest BCUT2D eigenvalue weighted by Crippen LogP contribution is -2.11. The number of carbonyl (C=O) groups excluding carboxylic acids is 1. The molecule has 3 N–H and O–H groups in total. The Hall–Kier alpha value is -2.07. The molecule has 4 nitrogen and oxygen atoms in total. The molecule has 1 amide bonds. The lowest BCUT2D eigenvalue weighted by molar-refractivity contribution is 0.1000. The second kappa shape index (κ2) is 5.71. The molecule has 1 aromatic carbocycles. The predicted molar refractivity (Wildman–Crippen MR) is 76.3 cm³/mol. The van der Waals surface area contributed by atoms with E-state index in [1.54, 1.807) is 24.4 Å². The largest absolute Gasteiger partial charge is 0.380 e. The number of anilines is 1. The lowest BCUT2D eigenvalue weighted by atomic mass is 10.1.